The van der Waals surface area contributed by atoms with Gasteiger partial charge in [0.15, 0.2) is 0 Å². The van der Waals surface area contributed by atoms with Crippen molar-refractivity contribution in [2.75, 3.05) is 0 Å². The molecule has 2 nitrogen and oxygen atoms in total. The number of rotatable bonds is 5. The zero-order chi connectivity index (χ0) is 31.5. The van der Waals surface area contributed by atoms with E-state index in [1.807, 2.05) is 53.9 Å². The maximum atomic E-state index is 4.75. The van der Waals surface area contributed by atoms with Gasteiger partial charge in [0.25, 0.3) is 0 Å². The predicted octanol–water partition coefficient (Wildman–Crippen LogP) is 11.3. The van der Waals surface area contributed by atoms with Gasteiger partial charge < -0.3 is 9.97 Å². The minimum atomic E-state index is -1.34. The van der Waals surface area contributed by atoms with Crippen LogP contribution in [0.4, 0.5) is 0 Å². The van der Waals surface area contributed by atoms with E-state index in [1.165, 1.54) is 51.4 Å². The third kappa shape index (κ3) is 7.24. The van der Waals surface area contributed by atoms with Crippen LogP contribution < -0.4 is 5.19 Å². The van der Waals surface area contributed by atoms with Gasteiger partial charge in [-0.2, -0.15) is 0 Å². The Morgan fingerprint density at radius 1 is 0.681 bits per heavy atom. The molecule has 0 atom stereocenters. The maximum Gasteiger partial charge on any atom is 0.0799 e. The number of fused-ring (bicyclic) bond motifs is 3. The average molecular weight is 823 g/mol. The van der Waals surface area contributed by atoms with Crippen LogP contribution in [0.1, 0.15) is 37.2 Å². The standard InChI is InChI=1S/C23H14NS.C19H24NSi.Ir/c1-2-7-16(8-3-1)21-14-13-17(15-24-21)18-10-6-11-20-19-9-4-5-12-22(19)25-23(18)20;1-21(2,3)19-14-20-18(16-11-5-4-6-12-16)13-17(19)15-9-7-8-10-15;/h1-7,9-15H;4-6,11,13-15H,7-10H2,1-3H3;/q2*-1;. The first-order chi connectivity index (χ1) is 22.5. The number of thiophene rings is 1. The molecule has 1 radical (unpaired) electrons. The predicted molar refractivity (Wildman–Crippen MR) is 200 cm³/mol. The van der Waals surface area contributed by atoms with Crippen molar-refractivity contribution in [1.82, 2.24) is 9.97 Å². The van der Waals surface area contributed by atoms with Gasteiger partial charge in [0.05, 0.1) is 8.07 Å². The van der Waals surface area contributed by atoms with Gasteiger partial charge in [-0.1, -0.05) is 92.6 Å². The number of hydrogen-bond donors (Lipinski definition) is 0. The summed E-state index contributed by atoms with van der Waals surface area (Å²) in [4.78, 5) is 9.41. The van der Waals surface area contributed by atoms with Gasteiger partial charge >= 0.3 is 0 Å². The Morgan fingerprint density at radius 2 is 1.34 bits per heavy atom. The zero-order valence-electron chi connectivity index (χ0n) is 27.1. The molecule has 0 aliphatic heterocycles. The smallest absolute Gasteiger partial charge is 0.0799 e. The van der Waals surface area contributed by atoms with Crippen LogP contribution in [0.5, 0.6) is 0 Å². The van der Waals surface area contributed by atoms with Gasteiger partial charge in [-0.15, -0.1) is 83.1 Å². The van der Waals surface area contributed by atoms with E-state index >= 15 is 0 Å². The van der Waals surface area contributed by atoms with Crippen LogP contribution in [0.2, 0.25) is 19.6 Å². The first-order valence-corrected chi connectivity index (χ1v) is 20.6. The summed E-state index contributed by atoms with van der Waals surface area (Å²) in [5.41, 5.74) is 8.14. The van der Waals surface area contributed by atoms with Crippen molar-refractivity contribution in [3.63, 3.8) is 0 Å². The van der Waals surface area contributed by atoms with Gasteiger partial charge in [-0.25, -0.2) is 0 Å². The molecule has 5 heteroatoms. The van der Waals surface area contributed by atoms with E-state index in [0.717, 1.165) is 34.0 Å². The first kappa shape index (κ1) is 33.2. The Balaban J connectivity index is 0.000000164. The molecular formula is C42H38IrN2SSi-2. The number of nitrogens with zero attached hydrogens (tertiary/aromatic N) is 2. The van der Waals surface area contributed by atoms with Crippen LogP contribution in [0.3, 0.4) is 0 Å². The number of hydrogen-bond acceptors (Lipinski definition) is 3. The van der Waals surface area contributed by atoms with Crippen molar-refractivity contribution in [3.8, 4) is 33.6 Å². The van der Waals surface area contributed by atoms with E-state index in [1.54, 1.807) is 10.8 Å². The summed E-state index contributed by atoms with van der Waals surface area (Å²) in [6.07, 6.45) is 9.58. The van der Waals surface area contributed by atoms with Crippen molar-refractivity contribution in [1.29, 1.82) is 0 Å². The van der Waals surface area contributed by atoms with Crippen molar-refractivity contribution < 1.29 is 20.1 Å². The van der Waals surface area contributed by atoms with E-state index in [-0.39, 0.29) is 20.1 Å². The maximum absolute atomic E-state index is 4.75. The Labute approximate surface area is 297 Å². The largest absolute Gasteiger partial charge is 0.305 e. The van der Waals surface area contributed by atoms with Crippen LogP contribution >= 0.6 is 11.3 Å². The van der Waals surface area contributed by atoms with Crippen LogP contribution in [0, 0.1) is 12.1 Å². The Morgan fingerprint density at radius 3 is 2.00 bits per heavy atom. The Bertz CT molecular complexity index is 2080. The zero-order valence-corrected chi connectivity index (χ0v) is 31.3. The molecule has 0 amide bonds. The fraction of sp³-hybridized carbons (Fsp3) is 0.190. The van der Waals surface area contributed by atoms with Crippen LogP contribution in [0.25, 0.3) is 53.8 Å². The minimum absolute atomic E-state index is 0. The van der Waals surface area contributed by atoms with E-state index in [2.05, 4.69) is 116 Å². The summed E-state index contributed by atoms with van der Waals surface area (Å²) < 4.78 is 2.65. The summed E-state index contributed by atoms with van der Waals surface area (Å²) in [6.45, 7) is 7.28. The van der Waals surface area contributed by atoms with Crippen LogP contribution in [-0.2, 0) is 20.1 Å². The van der Waals surface area contributed by atoms with Gasteiger partial charge in [0.2, 0.25) is 0 Å². The number of aromatic nitrogens is 2. The van der Waals surface area contributed by atoms with Gasteiger partial charge in [-0.05, 0) is 47.0 Å². The van der Waals surface area contributed by atoms with E-state index in [0.29, 0.717) is 0 Å². The molecule has 0 unspecified atom stereocenters. The molecule has 3 aromatic heterocycles. The van der Waals surface area contributed by atoms with Gasteiger partial charge in [-0.3, -0.25) is 0 Å². The molecule has 0 saturated heterocycles. The third-order valence-corrected chi connectivity index (χ3v) is 12.2. The molecule has 1 saturated carbocycles. The molecule has 0 bridgehead atoms. The second kappa shape index (κ2) is 14.6. The summed E-state index contributed by atoms with van der Waals surface area (Å²) in [7, 11) is -1.34. The van der Waals surface area contributed by atoms with Crippen molar-refractivity contribution in [2.45, 2.75) is 51.2 Å². The molecule has 7 aromatic rings. The molecule has 0 spiro atoms. The van der Waals surface area contributed by atoms with Crippen molar-refractivity contribution in [3.05, 3.63) is 139 Å². The molecule has 237 valence electrons. The molecule has 1 aliphatic carbocycles. The quantitative estimate of drug-likeness (QED) is 0.128. The SMILES string of the molecule is C[Si](C)(C)c1cnc(-c2[c-]cccc2)cc1C1CCCC1.[Ir].[c-]1ccccc1-c1ccc(-c2cccc3c2sc2ccccc23)cn1. The van der Waals surface area contributed by atoms with Crippen LogP contribution in [-0.4, -0.2) is 18.0 Å². The molecule has 1 aliphatic rings. The van der Waals surface area contributed by atoms with E-state index < -0.39 is 8.07 Å². The fourth-order valence-electron chi connectivity index (χ4n) is 6.61. The average Bonchev–Trinajstić information content (AvgIpc) is 3.78. The first-order valence-electron chi connectivity index (χ1n) is 16.3. The molecular weight excluding hydrogens is 785 g/mol. The van der Waals surface area contributed by atoms with E-state index in [9.17, 15) is 0 Å². The summed E-state index contributed by atoms with van der Waals surface area (Å²) in [5.74, 6) is 0.747. The molecule has 1 fully saturated rings. The summed E-state index contributed by atoms with van der Waals surface area (Å²) in [5, 5.41) is 4.19. The molecule has 0 N–H and O–H groups in total. The Kier molecular flexibility index (Phi) is 10.3. The van der Waals surface area contributed by atoms with Crippen molar-refractivity contribution >= 4 is 44.8 Å². The molecule has 4 aromatic carbocycles. The molecule has 8 rings (SSSR count). The number of pyridine rings is 2. The second-order valence-corrected chi connectivity index (χ2v) is 19.2. The second-order valence-electron chi connectivity index (χ2n) is 13.2. The van der Waals surface area contributed by atoms with Gasteiger partial charge in [0, 0.05) is 58.2 Å². The van der Waals surface area contributed by atoms with Crippen molar-refractivity contribution in [2.24, 2.45) is 0 Å². The minimum Gasteiger partial charge on any atom is -0.305 e. The summed E-state index contributed by atoms with van der Waals surface area (Å²) in [6, 6.07) is 44.3. The van der Waals surface area contributed by atoms with Crippen LogP contribution in [0.15, 0.2) is 122 Å². The normalized spacial score (nSPS) is 13.3. The third-order valence-electron chi connectivity index (χ3n) is 8.99. The number of benzene rings is 4. The fourth-order valence-corrected chi connectivity index (χ4v) is 9.44. The molecule has 3 heterocycles. The van der Waals surface area contributed by atoms with Gasteiger partial charge in [0.1, 0.15) is 0 Å². The molecule has 47 heavy (non-hydrogen) atoms. The summed E-state index contributed by atoms with van der Waals surface area (Å²) >= 11 is 1.85. The topological polar surface area (TPSA) is 25.8 Å². The van der Waals surface area contributed by atoms with E-state index in [4.69, 9.17) is 4.98 Å². The monoisotopic (exact) mass is 823 g/mol. The Hall–Kier alpha value is -3.73.